The van der Waals surface area contributed by atoms with Gasteiger partial charge in [-0.15, -0.1) is 0 Å². The van der Waals surface area contributed by atoms with Crippen LogP contribution in [0.25, 0.3) is 0 Å². The van der Waals surface area contributed by atoms with E-state index in [0.29, 0.717) is 18.8 Å². The number of nitrogens with two attached hydrogens (primary N) is 1. The number of hydrogen-bond acceptors (Lipinski definition) is 4. The minimum Gasteiger partial charge on any atom is -0.379 e. The van der Waals surface area contributed by atoms with Crippen molar-refractivity contribution >= 4 is 0 Å². The van der Waals surface area contributed by atoms with Crippen LogP contribution in [0.1, 0.15) is 20.3 Å². The zero-order chi connectivity index (χ0) is 10.9. The lowest BCUT2D eigenvalue weighted by Gasteiger charge is -2.40. The van der Waals surface area contributed by atoms with Gasteiger partial charge < -0.3 is 15.2 Å². The summed E-state index contributed by atoms with van der Waals surface area (Å²) in [7, 11) is 0. The second-order valence-electron chi connectivity index (χ2n) is 5.09. The summed E-state index contributed by atoms with van der Waals surface area (Å²) in [5.41, 5.74) is 6.16. The van der Waals surface area contributed by atoms with E-state index in [4.69, 9.17) is 15.2 Å². The predicted molar refractivity (Wildman–Crippen MR) is 58.8 cm³/mol. The molecule has 0 amide bonds. The molecule has 2 aliphatic rings. The van der Waals surface area contributed by atoms with Gasteiger partial charge in [0, 0.05) is 25.7 Å². The van der Waals surface area contributed by atoms with E-state index in [9.17, 15) is 0 Å². The van der Waals surface area contributed by atoms with E-state index in [0.717, 1.165) is 32.7 Å². The normalized spacial score (nSPS) is 43.4. The van der Waals surface area contributed by atoms with Gasteiger partial charge in [0.25, 0.3) is 0 Å². The van der Waals surface area contributed by atoms with Crippen LogP contribution in [-0.2, 0) is 9.47 Å². The molecule has 88 valence electrons. The van der Waals surface area contributed by atoms with E-state index in [2.05, 4.69) is 18.7 Å². The van der Waals surface area contributed by atoms with Gasteiger partial charge in [0.05, 0.1) is 24.9 Å². The van der Waals surface area contributed by atoms with Crippen molar-refractivity contribution in [1.29, 1.82) is 0 Å². The quantitative estimate of drug-likeness (QED) is 0.714. The Balaban J connectivity index is 1.91. The van der Waals surface area contributed by atoms with Crippen LogP contribution < -0.4 is 5.73 Å². The van der Waals surface area contributed by atoms with E-state index in [1.165, 1.54) is 0 Å². The molecule has 0 bridgehead atoms. The lowest BCUT2D eigenvalue weighted by molar-refractivity contribution is -0.0563. The van der Waals surface area contributed by atoms with Crippen LogP contribution in [0.3, 0.4) is 0 Å². The molecule has 4 heteroatoms. The van der Waals surface area contributed by atoms with Crippen molar-refractivity contribution in [2.24, 2.45) is 5.73 Å². The van der Waals surface area contributed by atoms with E-state index >= 15 is 0 Å². The summed E-state index contributed by atoms with van der Waals surface area (Å²) in [5, 5.41) is 0. The number of ether oxygens (including phenoxy) is 2. The first-order valence-corrected chi connectivity index (χ1v) is 5.81. The molecule has 0 aromatic carbocycles. The van der Waals surface area contributed by atoms with Gasteiger partial charge in [-0.3, -0.25) is 4.90 Å². The Morgan fingerprint density at radius 3 is 2.93 bits per heavy atom. The fourth-order valence-electron chi connectivity index (χ4n) is 2.34. The standard InChI is InChI=1S/C11H22N2O2/c1-9-6-15-10(2)5-13(9)7-11(12)3-4-14-8-11/h9-10H,3-8,12H2,1-2H3. The summed E-state index contributed by atoms with van der Waals surface area (Å²) < 4.78 is 11.0. The van der Waals surface area contributed by atoms with Crippen LogP contribution in [0.5, 0.6) is 0 Å². The average molecular weight is 214 g/mol. The summed E-state index contributed by atoms with van der Waals surface area (Å²) in [5.74, 6) is 0. The highest BCUT2D eigenvalue weighted by molar-refractivity contribution is 4.93. The third-order valence-corrected chi connectivity index (χ3v) is 3.39. The SMILES string of the molecule is CC1CN(CC2(N)CCOC2)C(C)CO1. The first-order valence-electron chi connectivity index (χ1n) is 5.81. The summed E-state index contributed by atoms with van der Waals surface area (Å²) in [4.78, 5) is 2.43. The van der Waals surface area contributed by atoms with E-state index in [1.807, 2.05) is 0 Å². The second-order valence-corrected chi connectivity index (χ2v) is 5.09. The second kappa shape index (κ2) is 4.37. The maximum Gasteiger partial charge on any atom is 0.0674 e. The van der Waals surface area contributed by atoms with Crippen molar-refractivity contribution in [3.8, 4) is 0 Å². The fourth-order valence-corrected chi connectivity index (χ4v) is 2.34. The summed E-state index contributed by atoms with van der Waals surface area (Å²) in [6, 6.07) is 0.474. The Morgan fingerprint density at radius 2 is 2.27 bits per heavy atom. The third-order valence-electron chi connectivity index (χ3n) is 3.39. The molecule has 2 heterocycles. The molecule has 0 aromatic rings. The minimum atomic E-state index is -0.134. The Hall–Kier alpha value is -0.160. The van der Waals surface area contributed by atoms with Crippen molar-refractivity contribution < 1.29 is 9.47 Å². The van der Waals surface area contributed by atoms with Crippen LogP contribution in [0, 0.1) is 0 Å². The van der Waals surface area contributed by atoms with Crippen LogP contribution >= 0.6 is 0 Å². The molecular formula is C11H22N2O2. The Bertz CT molecular complexity index is 217. The molecule has 0 aromatic heterocycles. The molecular weight excluding hydrogens is 192 g/mol. The maximum absolute atomic E-state index is 6.29. The van der Waals surface area contributed by atoms with E-state index < -0.39 is 0 Å². The summed E-state index contributed by atoms with van der Waals surface area (Å²) in [6.45, 7) is 8.56. The van der Waals surface area contributed by atoms with Gasteiger partial charge >= 0.3 is 0 Å². The highest BCUT2D eigenvalue weighted by atomic mass is 16.5. The first kappa shape index (κ1) is 11.3. The van der Waals surface area contributed by atoms with E-state index in [1.54, 1.807) is 0 Å². The molecule has 2 N–H and O–H groups in total. The molecule has 2 rings (SSSR count). The molecule has 3 atom stereocenters. The molecule has 0 aliphatic carbocycles. The highest BCUT2D eigenvalue weighted by Crippen LogP contribution is 2.20. The van der Waals surface area contributed by atoms with Gasteiger partial charge in [-0.2, -0.15) is 0 Å². The lowest BCUT2D eigenvalue weighted by Crippen LogP contribution is -2.57. The Labute approximate surface area is 91.7 Å². The number of morpholine rings is 1. The zero-order valence-corrected chi connectivity index (χ0v) is 9.74. The van der Waals surface area contributed by atoms with Gasteiger partial charge in [-0.05, 0) is 20.3 Å². The smallest absolute Gasteiger partial charge is 0.0674 e. The monoisotopic (exact) mass is 214 g/mol. The van der Waals surface area contributed by atoms with Crippen molar-refractivity contribution in [2.45, 2.75) is 38.0 Å². The van der Waals surface area contributed by atoms with Crippen LogP contribution in [0.15, 0.2) is 0 Å². The molecule has 0 radical (unpaired) electrons. The van der Waals surface area contributed by atoms with Crippen molar-refractivity contribution in [3.05, 3.63) is 0 Å². The molecule has 0 saturated carbocycles. The van der Waals surface area contributed by atoms with E-state index in [-0.39, 0.29) is 5.54 Å². The molecule has 0 spiro atoms. The first-order chi connectivity index (χ1) is 7.09. The highest BCUT2D eigenvalue weighted by Gasteiger charge is 2.35. The molecule has 4 nitrogen and oxygen atoms in total. The van der Waals surface area contributed by atoms with Crippen molar-refractivity contribution in [3.63, 3.8) is 0 Å². The molecule has 2 aliphatic heterocycles. The third kappa shape index (κ3) is 2.69. The topological polar surface area (TPSA) is 47.7 Å². The minimum absolute atomic E-state index is 0.134. The van der Waals surface area contributed by atoms with Gasteiger partial charge in [-0.25, -0.2) is 0 Å². The molecule has 3 unspecified atom stereocenters. The predicted octanol–water partition coefficient (Wildman–Crippen LogP) is 0.213. The molecule has 15 heavy (non-hydrogen) atoms. The number of hydrogen-bond donors (Lipinski definition) is 1. The number of nitrogens with zero attached hydrogens (tertiary/aromatic N) is 1. The van der Waals surface area contributed by atoms with Crippen molar-refractivity contribution in [1.82, 2.24) is 4.90 Å². The lowest BCUT2D eigenvalue weighted by atomic mass is 9.98. The van der Waals surface area contributed by atoms with Gasteiger partial charge in [0.1, 0.15) is 0 Å². The average Bonchev–Trinajstić information content (AvgIpc) is 2.59. The molecule has 2 saturated heterocycles. The van der Waals surface area contributed by atoms with Gasteiger partial charge in [0.15, 0.2) is 0 Å². The van der Waals surface area contributed by atoms with Crippen molar-refractivity contribution in [2.75, 3.05) is 32.9 Å². The van der Waals surface area contributed by atoms with Crippen LogP contribution in [-0.4, -0.2) is 55.5 Å². The van der Waals surface area contributed by atoms with Gasteiger partial charge in [0.2, 0.25) is 0 Å². The largest absolute Gasteiger partial charge is 0.379 e. The number of rotatable bonds is 2. The molecule has 2 fully saturated rings. The zero-order valence-electron chi connectivity index (χ0n) is 9.74. The van der Waals surface area contributed by atoms with Gasteiger partial charge in [-0.1, -0.05) is 0 Å². The Kier molecular flexibility index (Phi) is 3.30. The maximum atomic E-state index is 6.29. The van der Waals surface area contributed by atoms with Crippen LogP contribution in [0.4, 0.5) is 0 Å². The van der Waals surface area contributed by atoms with Crippen LogP contribution in [0.2, 0.25) is 0 Å². The fraction of sp³-hybridized carbons (Fsp3) is 1.00. The Morgan fingerprint density at radius 1 is 1.47 bits per heavy atom. The summed E-state index contributed by atoms with van der Waals surface area (Å²) >= 11 is 0. The summed E-state index contributed by atoms with van der Waals surface area (Å²) in [6.07, 6.45) is 1.30.